The summed E-state index contributed by atoms with van der Waals surface area (Å²) in [5.74, 6) is 0.499. The first-order chi connectivity index (χ1) is 28.9. The number of methoxy groups -OCH3 is 2. The fraction of sp³-hybridized carbons (Fsp3) is 0.312. The SMILES string of the molecule is COc1ccc(C(=O)Nc2ccc(CN3C(=O)[C@]4(O[C@H](CC(=O)N5Cc6ccccc6C[C@H]5CO)[C@@H]([Si](C)(C)c5ccc(OC)cc5)[C@@H]4C)c4cc(Cl)ccc43)cc2)cc1. The zero-order valence-corrected chi connectivity index (χ0v) is 36.2. The number of fused-ring (bicyclic) bond motifs is 3. The summed E-state index contributed by atoms with van der Waals surface area (Å²) in [6.07, 6.45) is 0.00132. The minimum absolute atomic E-state index is 0.0505. The Balaban J connectivity index is 1.11. The Morgan fingerprint density at radius 3 is 2.20 bits per heavy atom. The van der Waals surface area contributed by atoms with Crippen LogP contribution in [0.5, 0.6) is 11.5 Å². The van der Waals surface area contributed by atoms with E-state index >= 15 is 4.79 Å². The van der Waals surface area contributed by atoms with E-state index in [2.05, 4.69) is 43.5 Å². The van der Waals surface area contributed by atoms with Crippen LogP contribution >= 0.6 is 11.6 Å². The largest absolute Gasteiger partial charge is 0.497 e. The van der Waals surface area contributed by atoms with E-state index in [0.29, 0.717) is 46.2 Å². The number of ether oxygens (including phenoxy) is 3. The van der Waals surface area contributed by atoms with Gasteiger partial charge in [-0.1, -0.05) is 85.3 Å². The molecule has 1 fully saturated rings. The van der Waals surface area contributed by atoms with Crippen molar-refractivity contribution < 1.29 is 33.7 Å². The predicted molar refractivity (Wildman–Crippen MR) is 236 cm³/mol. The smallest absolute Gasteiger partial charge is 0.264 e. The van der Waals surface area contributed by atoms with Crippen LogP contribution in [0.4, 0.5) is 11.4 Å². The van der Waals surface area contributed by atoms with Crippen LogP contribution in [-0.2, 0) is 39.4 Å². The molecule has 0 unspecified atom stereocenters. The minimum Gasteiger partial charge on any atom is -0.497 e. The zero-order valence-electron chi connectivity index (χ0n) is 34.5. The van der Waals surface area contributed by atoms with Gasteiger partial charge < -0.3 is 34.4 Å². The summed E-state index contributed by atoms with van der Waals surface area (Å²) in [7, 11) is 0.665. The molecule has 0 saturated carbocycles. The van der Waals surface area contributed by atoms with Gasteiger partial charge in [-0.2, -0.15) is 0 Å². The van der Waals surface area contributed by atoms with Gasteiger partial charge in [0.05, 0.1) is 59.7 Å². The van der Waals surface area contributed by atoms with Crippen molar-refractivity contribution in [3.8, 4) is 11.5 Å². The molecule has 1 saturated heterocycles. The van der Waals surface area contributed by atoms with Crippen LogP contribution in [-0.4, -0.2) is 68.8 Å². The summed E-state index contributed by atoms with van der Waals surface area (Å²) in [6, 6.07) is 35.6. The number of halogens is 1. The number of benzene rings is 5. The number of nitrogens with one attached hydrogen (secondary N) is 1. The highest BCUT2D eigenvalue weighted by Crippen LogP contribution is 2.60. The first-order valence-electron chi connectivity index (χ1n) is 20.3. The molecule has 310 valence electrons. The third kappa shape index (κ3) is 7.38. The van der Waals surface area contributed by atoms with E-state index in [-0.39, 0.29) is 54.8 Å². The molecule has 1 spiro atoms. The molecule has 8 rings (SSSR count). The van der Waals surface area contributed by atoms with E-state index in [0.717, 1.165) is 27.6 Å². The molecular formula is C48H50ClN3O7Si. The summed E-state index contributed by atoms with van der Waals surface area (Å²) in [6.45, 7) is 7.15. The number of aliphatic hydroxyl groups is 1. The fourth-order valence-electron chi connectivity index (χ4n) is 9.80. The summed E-state index contributed by atoms with van der Waals surface area (Å²) >= 11 is 6.74. The van der Waals surface area contributed by atoms with Crippen molar-refractivity contribution in [1.29, 1.82) is 0 Å². The van der Waals surface area contributed by atoms with Crippen LogP contribution in [0.15, 0.2) is 115 Å². The van der Waals surface area contributed by atoms with Gasteiger partial charge in [-0.05, 0) is 95.4 Å². The average Bonchev–Trinajstić information content (AvgIpc) is 3.68. The lowest BCUT2D eigenvalue weighted by Gasteiger charge is -2.39. The van der Waals surface area contributed by atoms with E-state index in [4.69, 9.17) is 25.8 Å². The molecule has 2 N–H and O–H groups in total. The van der Waals surface area contributed by atoms with Gasteiger partial charge in [-0.15, -0.1) is 0 Å². The third-order valence-corrected chi connectivity index (χ3v) is 17.6. The van der Waals surface area contributed by atoms with Gasteiger partial charge in [0.2, 0.25) is 5.91 Å². The molecule has 3 aliphatic heterocycles. The van der Waals surface area contributed by atoms with Crippen molar-refractivity contribution in [3.05, 3.63) is 148 Å². The highest BCUT2D eigenvalue weighted by molar-refractivity contribution is 6.91. The molecule has 10 nitrogen and oxygen atoms in total. The van der Waals surface area contributed by atoms with Crippen LogP contribution in [0.3, 0.4) is 0 Å². The molecule has 3 amide bonds. The highest BCUT2D eigenvalue weighted by Gasteiger charge is 2.66. The first kappa shape index (κ1) is 41.3. The van der Waals surface area contributed by atoms with Gasteiger partial charge in [0.1, 0.15) is 11.5 Å². The second-order valence-electron chi connectivity index (χ2n) is 16.6. The maximum absolute atomic E-state index is 15.4. The number of hydrogen-bond donors (Lipinski definition) is 2. The summed E-state index contributed by atoms with van der Waals surface area (Å²) in [4.78, 5) is 46.5. The molecule has 5 aromatic rings. The van der Waals surface area contributed by atoms with Crippen molar-refractivity contribution in [2.75, 3.05) is 31.0 Å². The number of nitrogens with zero attached hydrogens (tertiary/aromatic N) is 2. The molecule has 5 atom stereocenters. The Labute approximate surface area is 357 Å². The zero-order chi connectivity index (χ0) is 42.3. The normalized spacial score (nSPS) is 22.1. The molecule has 0 aliphatic carbocycles. The second kappa shape index (κ2) is 16.5. The Morgan fingerprint density at radius 1 is 0.900 bits per heavy atom. The minimum atomic E-state index is -2.56. The van der Waals surface area contributed by atoms with Crippen molar-refractivity contribution in [1.82, 2.24) is 4.90 Å². The quantitative estimate of drug-likeness (QED) is 0.131. The lowest BCUT2D eigenvalue weighted by molar-refractivity contribution is -0.151. The van der Waals surface area contributed by atoms with Crippen molar-refractivity contribution >= 4 is 54.0 Å². The molecule has 0 aromatic heterocycles. The summed E-state index contributed by atoms with van der Waals surface area (Å²) in [5, 5.41) is 15.1. The van der Waals surface area contributed by atoms with Gasteiger partial charge in [0, 0.05) is 34.3 Å². The summed E-state index contributed by atoms with van der Waals surface area (Å²) in [5.41, 5.74) is 3.97. The Kier molecular flexibility index (Phi) is 11.4. The number of carbonyl (C=O) groups excluding carboxylic acids is 3. The topological polar surface area (TPSA) is 118 Å². The number of rotatable bonds is 11. The number of amides is 3. The molecule has 3 aliphatic rings. The van der Waals surface area contributed by atoms with Gasteiger partial charge in [-0.25, -0.2) is 0 Å². The van der Waals surface area contributed by atoms with Crippen LogP contribution in [0.25, 0.3) is 0 Å². The van der Waals surface area contributed by atoms with Crippen LogP contribution in [0.2, 0.25) is 23.7 Å². The van der Waals surface area contributed by atoms with Crippen LogP contribution < -0.4 is 24.9 Å². The molecule has 5 aromatic carbocycles. The standard InChI is InChI=1S/C48H50ClN3O7Si/c1-30-45(60(4,5)40-21-19-39(58-3)20-22-40)43(26-44(54)51-28-34-9-7-6-8-33(34)24-37(51)29-53)59-48(30)41-25-35(49)14-23-42(41)52(47(48)56)27-31-10-15-36(16-11-31)50-46(55)32-12-17-38(57-2)18-13-32/h6-23,25,30,37,43,45,53H,24,26-29H2,1-5H3,(H,50,55)/t30-,37-,43+,45-,48+/m0/s1. The van der Waals surface area contributed by atoms with Gasteiger partial charge in [0.15, 0.2) is 5.60 Å². The van der Waals surface area contributed by atoms with E-state index in [1.807, 2.05) is 66.7 Å². The second-order valence-corrected chi connectivity index (χ2v) is 21.7. The van der Waals surface area contributed by atoms with Crippen molar-refractivity contribution in [2.45, 2.75) is 69.2 Å². The van der Waals surface area contributed by atoms with Gasteiger partial charge in [0.25, 0.3) is 11.8 Å². The highest BCUT2D eigenvalue weighted by atomic mass is 35.5. The fourth-order valence-corrected chi connectivity index (χ4v) is 14.0. The first-order valence-corrected chi connectivity index (χ1v) is 23.8. The molecular weight excluding hydrogens is 794 g/mol. The lowest BCUT2D eigenvalue weighted by atomic mass is 9.82. The predicted octanol–water partition coefficient (Wildman–Crippen LogP) is 7.71. The van der Waals surface area contributed by atoms with Crippen molar-refractivity contribution in [3.63, 3.8) is 0 Å². The van der Waals surface area contributed by atoms with E-state index in [1.165, 1.54) is 0 Å². The average molecular weight is 844 g/mol. The Hall–Kier alpha value is -5.46. The Bertz CT molecular complexity index is 2410. The Morgan fingerprint density at radius 2 is 1.55 bits per heavy atom. The van der Waals surface area contributed by atoms with Gasteiger partial charge >= 0.3 is 0 Å². The molecule has 0 radical (unpaired) electrons. The maximum Gasteiger partial charge on any atom is 0.264 e. The summed E-state index contributed by atoms with van der Waals surface area (Å²) < 4.78 is 18.0. The van der Waals surface area contributed by atoms with Crippen LogP contribution in [0.1, 0.15) is 46.0 Å². The lowest BCUT2D eigenvalue weighted by Crippen LogP contribution is -2.52. The number of hydrogen-bond acceptors (Lipinski definition) is 7. The number of anilines is 2. The number of aliphatic hydroxyl groups excluding tert-OH is 1. The molecule has 60 heavy (non-hydrogen) atoms. The maximum atomic E-state index is 15.4. The third-order valence-electron chi connectivity index (χ3n) is 13.0. The molecule has 0 bridgehead atoms. The van der Waals surface area contributed by atoms with Crippen LogP contribution in [0, 0.1) is 5.92 Å². The van der Waals surface area contributed by atoms with Crippen molar-refractivity contribution in [2.24, 2.45) is 5.92 Å². The van der Waals surface area contributed by atoms with E-state index < -0.39 is 19.8 Å². The van der Waals surface area contributed by atoms with Gasteiger partial charge in [-0.3, -0.25) is 14.4 Å². The molecule has 12 heteroatoms. The van der Waals surface area contributed by atoms with E-state index in [1.54, 1.807) is 54.4 Å². The molecule has 3 heterocycles. The number of carbonyl (C=O) groups is 3. The van der Waals surface area contributed by atoms with E-state index in [9.17, 15) is 14.7 Å². The monoisotopic (exact) mass is 843 g/mol.